The molecule has 0 aliphatic carbocycles. The first-order chi connectivity index (χ1) is 53.0. The Bertz CT molecular complexity index is 2430. The average Bonchev–Trinajstić information content (AvgIpc) is 0.816. The minimum atomic E-state index is -5.11. The van der Waals surface area contributed by atoms with Crippen molar-refractivity contribution < 1.29 is 182 Å². The quantitative estimate of drug-likeness (QED) is 0.0307. The Morgan fingerprint density at radius 3 is 1.13 bits per heavy atom. The maximum absolute atomic E-state index is 13.4. The molecule has 3 aliphatic heterocycles. The van der Waals surface area contributed by atoms with E-state index in [2.05, 4.69) is 5.32 Å². The van der Waals surface area contributed by atoms with E-state index in [1.165, 1.54) is 6.92 Å². The lowest BCUT2D eigenvalue weighted by Gasteiger charge is -2.42. The van der Waals surface area contributed by atoms with Crippen LogP contribution in [0.3, 0.4) is 0 Å². The number of hydrogen-bond acceptors (Lipinski definition) is 36. The molecule has 11 unspecified atom stereocenters. The van der Waals surface area contributed by atoms with Gasteiger partial charge in [0.25, 0.3) is 15.6 Å². The minimum Gasteiger partial charge on any atom is -0.756 e. The molecule has 0 aromatic carbocycles. The lowest BCUT2D eigenvalue weighted by atomic mass is 9.92. The van der Waals surface area contributed by atoms with E-state index in [1.807, 2.05) is 13.8 Å². The molecular weight excluding hydrogens is 1560 g/mol. The van der Waals surface area contributed by atoms with Crippen molar-refractivity contribution in [1.82, 2.24) is 5.32 Å². The van der Waals surface area contributed by atoms with E-state index in [0.717, 1.165) is 25.7 Å². The van der Waals surface area contributed by atoms with E-state index < -0.39 is 167 Å². The van der Waals surface area contributed by atoms with Gasteiger partial charge in [0.15, 0.2) is 18.9 Å². The molecule has 3 fully saturated rings. The summed E-state index contributed by atoms with van der Waals surface area (Å²) in [5, 5.41) is 102. The van der Waals surface area contributed by atoms with Gasteiger partial charge < -0.3 is 146 Å². The van der Waals surface area contributed by atoms with E-state index in [9.17, 15) is 93.7 Å². The molecule has 0 saturated carbocycles. The van der Waals surface area contributed by atoms with Gasteiger partial charge in [-0.25, -0.2) is 9.13 Å². The second kappa shape index (κ2) is 61.4. The van der Waals surface area contributed by atoms with Crippen LogP contribution in [0, 0.1) is 23.2 Å². The predicted octanol–water partition coefficient (Wildman–Crippen LogP) is 2.54. The third kappa shape index (κ3) is 46.4. The van der Waals surface area contributed by atoms with Crippen LogP contribution >= 0.6 is 31.3 Å². The lowest BCUT2D eigenvalue weighted by Crippen LogP contribution is -2.64. The highest BCUT2D eigenvalue weighted by Crippen LogP contribution is 2.45. The van der Waals surface area contributed by atoms with Gasteiger partial charge >= 0.3 is 15.6 Å². The second-order valence-corrected chi connectivity index (χ2v) is 33.1. The lowest BCUT2D eigenvalue weighted by molar-refractivity contribution is -0.282. The smallest absolute Gasteiger partial charge is 0.472 e. The molecule has 3 heterocycles. The number of carbonyl (C=O) groups excluding carboxylic acids is 1. The van der Waals surface area contributed by atoms with Crippen LogP contribution in [0.2, 0.25) is 0 Å². The van der Waals surface area contributed by atoms with Crippen LogP contribution in [-0.2, 0) is 111 Å². The Morgan fingerprint density at radius 2 is 0.739 bits per heavy atom. The molecular formula is C68H135NO38P4-2. The third-order valence-corrected chi connectivity index (χ3v) is 21.9. The van der Waals surface area contributed by atoms with Crippen molar-refractivity contribution in [2.45, 2.75) is 243 Å². The first kappa shape index (κ1) is 106. The van der Waals surface area contributed by atoms with Crippen LogP contribution in [0.15, 0.2) is 0 Å². The number of aliphatic hydroxyl groups excluding tert-OH is 10. The molecule has 3 aliphatic rings. The van der Waals surface area contributed by atoms with Gasteiger partial charge in [-0.15, -0.1) is 0 Å². The van der Waals surface area contributed by atoms with Crippen molar-refractivity contribution in [3.8, 4) is 0 Å². The average molecular weight is 1700 g/mol. The van der Waals surface area contributed by atoms with Crippen LogP contribution in [0.5, 0.6) is 0 Å². The number of phosphoric ester groups is 4. The Balaban J connectivity index is 0.0000207. The van der Waals surface area contributed by atoms with E-state index in [1.54, 1.807) is 21.0 Å². The summed E-state index contributed by atoms with van der Waals surface area (Å²) in [6.45, 7) is 4.26. The molecule has 13 N–H and O–H groups in total. The monoisotopic (exact) mass is 1700 g/mol. The zero-order valence-corrected chi connectivity index (χ0v) is 69.2. The number of ether oxygens (including phenoxy) is 11. The van der Waals surface area contributed by atoms with Gasteiger partial charge in [0.05, 0.1) is 117 Å². The van der Waals surface area contributed by atoms with Crippen molar-refractivity contribution in [3.05, 3.63) is 0 Å². The molecule has 0 aromatic heterocycles. The maximum atomic E-state index is 13.4. The number of carbonyl (C=O) groups is 1. The van der Waals surface area contributed by atoms with E-state index in [-0.39, 0.29) is 151 Å². The SMILES string of the molecule is CC.COCCCCCC(CO)COCCCOP(=O)([O-])OCC(COCCCOP(=O)([O-])OCCCCCCO[C@@H]1OC(CO)[C@H](O)[C@H](O)C1NC(C)=O)(COCCCOP(=O)(O)OCCCCCCO[C@@H]1OC(CO)[C@H](O)[C@H](O)C1C)COCCCOP(=O)(O)OCCCCCCO[C@@H]1OC(CO)[C@H](O)[C@H](O)C1C. The topological polar surface area (TPSA) is 562 Å². The molecule has 0 spiro atoms. The van der Waals surface area contributed by atoms with Gasteiger partial charge in [-0.2, -0.15) is 0 Å². The van der Waals surface area contributed by atoms with E-state index >= 15 is 0 Å². The molecule has 111 heavy (non-hydrogen) atoms. The molecule has 1 amide bonds. The highest BCUT2D eigenvalue weighted by Gasteiger charge is 2.47. The number of nitrogens with one attached hydrogen (secondary N) is 1. The third-order valence-electron chi connectivity index (χ3n) is 17.9. The summed E-state index contributed by atoms with van der Waals surface area (Å²) in [4.78, 5) is 58.7. The Morgan fingerprint density at radius 1 is 0.414 bits per heavy atom. The first-order valence-electron chi connectivity index (χ1n) is 38.8. The van der Waals surface area contributed by atoms with Gasteiger partial charge in [-0.05, 0) is 77.0 Å². The largest absolute Gasteiger partial charge is 0.756 e. The summed E-state index contributed by atoms with van der Waals surface area (Å²) in [6, 6.07) is -1.10. The summed E-state index contributed by atoms with van der Waals surface area (Å²) in [6.07, 6.45) is -4.05. The number of rotatable bonds is 69. The van der Waals surface area contributed by atoms with Crippen molar-refractivity contribution in [2.75, 3.05) is 166 Å². The number of phosphoric acid groups is 4. The zero-order valence-electron chi connectivity index (χ0n) is 65.6. The molecule has 43 heteroatoms. The van der Waals surface area contributed by atoms with Crippen LogP contribution in [0.25, 0.3) is 0 Å². The summed E-state index contributed by atoms with van der Waals surface area (Å²) < 4.78 is 156. The van der Waals surface area contributed by atoms with Crippen molar-refractivity contribution in [3.63, 3.8) is 0 Å². The summed E-state index contributed by atoms with van der Waals surface area (Å²) in [7, 11) is -17.4. The summed E-state index contributed by atoms with van der Waals surface area (Å²) >= 11 is 0. The Labute approximate surface area is 653 Å². The van der Waals surface area contributed by atoms with Gasteiger partial charge in [-0.3, -0.25) is 32.0 Å². The van der Waals surface area contributed by atoms with Crippen molar-refractivity contribution in [1.29, 1.82) is 0 Å². The van der Waals surface area contributed by atoms with Crippen LogP contribution < -0.4 is 15.1 Å². The Hall–Kier alpha value is -0.930. The molecule has 3 saturated heterocycles. The van der Waals surface area contributed by atoms with Crippen LogP contribution in [-0.4, -0.2) is 312 Å². The summed E-state index contributed by atoms with van der Waals surface area (Å²) in [5.41, 5.74) is -1.52. The normalized spacial score (nSPS) is 27.4. The number of aliphatic hydroxyl groups is 10. The van der Waals surface area contributed by atoms with Gasteiger partial charge in [0, 0.05) is 91.2 Å². The fraction of sp³-hybridized carbons (Fsp3) is 0.985. The summed E-state index contributed by atoms with van der Waals surface area (Å²) in [5.74, 6) is -1.72. The molecule has 39 nitrogen and oxygen atoms in total. The fourth-order valence-electron chi connectivity index (χ4n) is 11.4. The highest BCUT2D eigenvalue weighted by molar-refractivity contribution is 7.47. The first-order valence-corrected chi connectivity index (χ1v) is 44.7. The van der Waals surface area contributed by atoms with Crippen LogP contribution in [0.4, 0.5) is 0 Å². The van der Waals surface area contributed by atoms with Crippen LogP contribution in [0.1, 0.15) is 163 Å². The number of unbranched alkanes of at least 4 members (excludes halogenated alkanes) is 11. The van der Waals surface area contributed by atoms with Gasteiger partial charge in [-0.1, -0.05) is 79.1 Å². The number of methoxy groups -OCH3 is 1. The highest BCUT2D eigenvalue weighted by atomic mass is 31.2. The molecule has 0 radical (unpaired) electrons. The van der Waals surface area contributed by atoms with E-state index in [0.29, 0.717) is 83.7 Å². The predicted molar refractivity (Wildman–Crippen MR) is 391 cm³/mol. The second-order valence-electron chi connectivity index (χ2n) is 27.4. The minimum absolute atomic E-state index is 0.0101. The van der Waals surface area contributed by atoms with E-state index in [4.69, 9.17) is 88.3 Å². The Kier molecular flexibility index (Phi) is 58.7. The van der Waals surface area contributed by atoms with Gasteiger partial charge in [0.2, 0.25) is 5.91 Å². The molecule has 0 bridgehead atoms. The van der Waals surface area contributed by atoms with Gasteiger partial charge in [0.1, 0.15) is 48.8 Å². The fourth-order valence-corrected chi connectivity index (χ4v) is 14.6. The molecule has 0 aromatic rings. The van der Waals surface area contributed by atoms with Crippen molar-refractivity contribution in [2.24, 2.45) is 23.2 Å². The molecule has 662 valence electrons. The standard InChI is InChI=1S/C66H131NO38P4.C2H6/c1-49-57(73)59(75)53(41-69)103-63(49)92-30-14-5-8-17-33-95-106(79,80)98-37-21-27-89-45-66(48-102-109(85,86)101-36-20-26-88-44-52(40-68)24-12-11-13-25-87-4,46-90-28-22-38-99-107(81,82)96-34-18-9-6-15-31-93-64-50(2)58(74)60(76)54(42-70)104-64)47-91-29-23-39-100-108(83,84)97-35-19-10-7-16-32-94-65-56(67-51(3)72)62(78)61(77)55(43-71)105-65;1-2/h49-50,52-65,68-71,73-78H,5-48H2,1-4H3,(H,67,72)(H,79,80)(H,81,82)(H,83,84)(H,85,86);1-2H3/p-2/t49?,50?,52?,53?,54?,55?,56?,57-,58-,59+,60+,61+,62-,63-,64-,65-,66?;/m1./s1. The van der Waals surface area contributed by atoms with Crippen molar-refractivity contribution >= 4 is 37.2 Å². The molecule has 20 atom stereocenters. The zero-order chi connectivity index (χ0) is 82.6. The number of hydrogen-bond donors (Lipinski definition) is 13. The number of amides is 1. The molecule has 3 rings (SSSR count). The maximum Gasteiger partial charge on any atom is 0.472 e.